The van der Waals surface area contributed by atoms with Gasteiger partial charge in [0, 0.05) is 5.69 Å². The smallest absolute Gasteiger partial charge is 0.246 e. The Morgan fingerprint density at radius 1 is 1.10 bits per heavy atom. The van der Waals surface area contributed by atoms with E-state index in [4.69, 9.17) is 16.3 Å². The Morgan fingerprint density at radius 2 is 1.67 bits per heavy atom. The number of halogens is 1. The molecular weight excluding hydrogens is 286 g/mol. The maximum Gasteiger partial charge on any atom is 0.246 e. The highest BCUT2D eigenvalue weighted by molar-refractivity contribution is 6.32. The third-order valence-electron chi connectivity index (χ3n) is 3.13. The molecule has 110 valence electrons. The van der Waals surface area contributed by atoms with Crippen LogP contribution in [0.1, 0.15) is 22.1 Å². The maximum absolute atomic E-state index is 12.2. The monoisotopic (exact) mass is 303 g/mol. The van der Waals surface area contributed by atoms with Crippen molar-refractivity contribution in [1.82, 2.24) is 0 Å². The summed E-state index contributed by atoms with van der Waals surface area (Å²) in [4.78, 5) is 12.2. The fourth-order valence-electron chi connectivity index (χ4n) is 2.18. The molecule has 2 aromatic rings. The molecule has 1 atom stereocenters. The number of amides is 1. The summed E-state index contributed by atoms with van der Waals surface area (Å²) in [6.45, 7) is 3.98. The van der Waals surface area contributed by atoms with Crippen LogP contribution in [0.15, 0.2) is 42.5 Å². The molecule has 0 fully saturated rings. The van der Waals surface area contributed by atoms with Crippen molar-refractivity contribution in [3.8, 4) is 5.75 Å². The summed E-state index contributed by atoms with van der Waals surface area (Å²) < 4.78 is 5.09. The number of benzene rings is 2. The van der Waals surface area contributed by atoms with E-state index in [2.05, 4.69) is 11.4 Å². The zero-order valence-electron chi connectivity index (χ0n) is 12.3. The molecule has 0 saturated heterocycles. The van der Waals surface area contributed by atoms with Crippen molar-refractivity contribution in [2.75, 3.05) is 12.4 Å². The molecule has 0 radical (unpaired) electrons. The van der Waals surface area contributed by atoms with Crippen LogP contribution in [0.25, 0.3) is 0 Å². The van der Waals surface area contributed by atoms with E-state index in [-0.39, 0.29) is 5.91 Å². The first kappa shape index (κ1) is 15.4. The largest absolute Gasteiger partial charge is 0.497 e. The number of ether oxygens (including phenoxy) is 1. The van der Waals surface area contributed by atoms with Gasteiger partial charge in [0.1, 0.15) is 11.1 Å². The number of carbonyl (C=O) groups is 1. The summed E-state index contributed by atoms with van der Waals surface area (Å²) in [7, 11) is 1.60. The van der Waals surface area contributed by atoms with E-state index in [0.29, 0.717) is 0 Å². The van der Waals surface area contributed by atoms with Gasteiger partial charge in [0.15, 0.2) is 0 Å². The molecule has 2 rings (SSSR count). The average molecular weight is 304 g/mol. The highest BCUT2D eigenvalue weighted by atomic mass is 35.5. The Kier molecular flexibility index (Phi) is 4.86. The predicted molar refractivity (Wildman–Crippen MR) is 86.1 cm³/mol. The van der Waals surface area contributed by atoms with Gasteiger partial charge in [-0.2, -0.15) is 0 Å². The van der Waals surface area contributed by atoms with Gasteiger partial charge >= 0.3 is 0 Å². The van der Waals surface area contributed by atoms with Crippen molar-refractivity contribution in [2.24, 2.45) is 0 Å². The van der Waals surface area contributed by atoms with Crippen LogP contribution < -0.4 is 10.1 Å². The van der Waals surface area contributed by atoms with Gasteiger partial charge in [-0.25, -0.2) is 0 Å². The normalized spacial score (nSPS) is 11.8. The number of alkyl halides is 1. The van der Waals surface area contributed by atoms with Crippen molar-refractivity contribution < 1.29 is 9.53 Å². The maximum atomic E-state index is 12.2. The van der Waals surface area contributed by atoms with Crippen LogP contribution in [0.3, 0.4) is 0 Å². The second kappa shape index (κ2) is 6.64. The van der Waals surface area contributed by atoms with Gasteiger partial charge in [-0.15, -0.1) is 11.6 Å². The third kappa shape index (κ3) is 3.99. The lowest BCUT2D eigenvalue weighted by Gasteiger charge is -2.12. The van der Waals surface area contributed by atoms with Crippen LogP contribution in [0.2, 0.25) is 0 Å². The lowest BCUT2D eigenvalue weighted by atomic mass is 10.1. The van der Waals surface area contributed by atoms with E-state index < -0.39 is 5.38 Å². The van der Waals surface area contributed by atoms with Gasteiger partial charge in [-0.1, -0.05) is 18.2 Å². The molecule has 0 aliphatic heterocycles. The standard InChI is InChI=1S/C17H18ClNO2/c1-11-8-12(2)10-14(9-11)19-17(20)16(18)13-4-6-15(21-3)7-5-13/h4-10,16H,1-3H3,(H,19,20). The Hall–Kier alpha value is -2.00. The molecule has 1 amide bonds. The van der Waals surface area contributed by atoms with E-state index in [1.54, 1.807) is 31.4 Å². The SMILES string of the molecule is COc1ccc(C(Cl)C(=O)Nc2cc(C)cc(C)c2)cc1. The number of methoxy groups -OCH3 is 1. The first-order valence-corrected chi connectivity index (χ1v) is 7.10. The number of hydrogen-bond donors (Lipinski definition) is 1. The molecule has 1 unspecified atom stereocenters. The van der Waals surface area contributed by atoms with Gasteiger partial charge < -0.3 is 10.1 Å². The van der Waals surface area contributed by atoms with Gasteiger partial charge in [0.2, 0.25) is 5.91 Å². The second-order valence-corrected chi connectivity index (χ2v) is 5.44. The topological polar surface area (TPSA) is 38.3 Å². The minimum absolute atomic E-state index is 0.244. The molecule has 0 spiro atoms. The summed E-state index contributed by atoms with van der Waals surface area (Å²) in [6, 6.07) is 13.0. The van der Waals surface area contributed by atoms with Crippen LogP contribution in [0.4, 0.5) is 5.69 Å². The molecule has 0 aliphatic rings. The molecule has 0 bridgehead atoms. The Labute approximate surface area is 129 Å². The predicted octanol–water partition coefficient (Wildman–Crippen LogP) is 4.23. The molecule has 2 aromatic carbocycles. The Morgan fingerprint density at radius 3 is 2.19 bits per heavy atom. The number of carbonyl (C=O) groups excluding carboxylic acids is 1. The summed E-state index contributed by atoms with van der Waals surface area (Å²) in [5.74, 6) is 0.490. The molecule has 4 heteroatoms. The van der Waals surface area contributed by atoms with Crippen LogP contribution >= 0.6 is 11.6 Å². The Bertz CT molecular complexity index is 617. The highest BCUT2D eigenvalue weighted by Crippen LogP contribution is 2.25. The average Bonchev–Trinajstić information content (AvgIpc) is 2.45. The van der Waals surface area contributed by atoms with Gasteiger partial charge in [-0.3, -0.25) is 4.79 Å². The first-order valence-electron chi connectivity index (χ1n) is 6.67. The van der Waals surface area contributed by atoms with E-state index in [9.17, 15) is 4.79 Å². The van der Waals surface area contributed by atoms with Crippen molar-refractivity contribution >= 4 is 23.2 Å². The van der Waals surface area contributed by atoms with Crippen molar-refractivity contribution in [1.29, 1.82) is 0 Å². The van der Waals surface area contributed by atoms with Gasteiger partial charge in [0.05, 0.1) is 7.11 Å². The van der Waals surface area contributed by atoms with E-state index in [0.717, 1.165) is 28.1 Å². The number of hydrogen-bond acceptors (Lipinski definition) is 2. The van der Waals surface area contributed by atoms with Crippen molar-refractivity contribution in [3.05, 3.63) is 59.2 Å². The molecule has 0 aliphatic carbocycles. The van der Waals surface area contributed by atoms with Crippen molar-refractivity contribution in [3.63, 3.8) is 0 Å². The second-order valence-electron chi connectivity index (χ2n) is 5.00. The van der Waals surface area contributed by atoms with Gasteiger partial charge in [0.25, 0.3) is 0 Å². The number of rotatable bonds is 4. The minimum Gasteiger partial charge on any atom is -0.497 e. The van der Waals surface area contributed by atoms with Crippen LogP contribution in [-0.2, 0) is 4.79 Å². The van der Waals surface area contributed by atoms with Crippen molar-refractivity contribution in [2.45, 2.75) is 19.2 Å². The molecule has 3 nitrogen and oxygen atoms in total. The van der Waals surface area contributed by atoms with E-state index >= 15 is 0 Å². The van der Waals surface area contributed by atoms with Crippen LogP contribution in [0, 0.1) is 13.8 Å². The zero-order chi connectivity index (χ0) is 15.4. The highest BCUT2D eigenvalue weighted by Gasteiger charge is 2.18. The summed E-state index contributed by atoms with van der Waals surface area (Å²) in [5.41, 5.74) is 3.69. The number of nitrogens with one attached hydrogen (secondary N) is 1. The van der Waals surface area contributed by atoms with E-state index in [1.807, 2.05) is 26.0 Å². The van der Waals surface area contributed by atoms with Crippen LogP contribution in [0.5, 0.6) is 5.75 Å². The third-order valence-corrected chi connectivity index (χ3v) is 3.58. The number of aryl methyl sites for hydroxylation is 2. The lowest BCUT2D eigenvalue weighted by molar-refractivity contribution is -0.116. The van der Waals surface area contributed by atoms with Gasteiger partial charge in [-0.05, 0) is 54.8 Å². The summed E-state index contributed by atoms with van der Waals surface area (Å²) >= 11 is 6.23. The minimum atomic E-state index is -0.739. The molecule has 21 heavy (non-hydrogen) atoms. The van der Waals surface area contributed by atoms with E-state index in [1.165, 1.54) is 0 Å². The first-order chi connectivity index (χ1) is 9.99. The Balaban J connectivity index is 2.11. The molecule has 0 heterocycles. The summed E-state index contributed by atoms with van der Waals surface area (Å²) in [6.07, 6.45) is 0. The molecular formula is C17H18ClNO2. The molecule has 0 saturated carbocycles. The fourth-order valence-corrected chi connectivity index (χ4v) is 2.38. The van der Waals surface area contributed by atoms with Crippen LogP contribution in [-0.4, -0.2) is 13.0 Å². The quantitative estimate of drug-likeness (QED) is 0.858. The number of anilines is 1. The molecule has 1 N–H and O–H groups in total. The lowest BCUT2D eigenvalue weighted by Crippen LogP contribution is -2.17. The zero-order valence-corrected chi connectivity index (χ0v) is 13.1. The molecule has 0 aromatic heterocycles. The summed E-state index contributed by atoms with van der Waals surface area (Å²) in [5, 5.41) is 2.11. The fraction of sp³-hybridized carbons (Fsp3) is 0.235.